The normalized spacial score (nSPS) is 11.7. The Morgan fingerprint density at radius 2 is 1.52 bits per heavy atom. The molecule has 0 aliphatic rings. The maximum absolute atomic E-state index is 10.6. The van der Waals surface area contributed by atoms with Crippen molar-refractivity contribution in [1.82, 2.24) is 0 Å². The molecule has 2 rings (SSSR count). The second-order valence-electron chi connectivity index (χ2n) is 4.68. The first-order valence-electron chi connectivity index (χ1n) is 6.77. The van der Waals surface area contributed by atoms with Gasteiger partial charge < -0.3 is 9.47 Å². The van der Waals surface area contributed by atoms with Crippen LogP contribution in [0, 0.1) is 0 Å². The molecular formula is C17H17ClO3. The van der Waals surface area contributed by atoms with Crippen LogP contribution in [0.25, 0.3) is 0 Å². The standard InChI is InChI=1S/C17H17ClO3/c1-13(18)10-11-20-15-6-8-17(9-7-15)21-16-4-2-14(12-19)3-5-16/h2-9,12-13H,10-11H2,1H3. The molecule has 2 aromatic rings. The van der Waals surface area contributed by atoms with Gasteiger partial charge >= 0.3 is 0 Å². The third-order valence-corrected chi connectivity index (χ3v) is 3.08. The second-order valence-corrected chi connectivity index (χ2v) is 5.42. The van der Waals surface area contributed by atoms with Crippen molar-refractivity contribution in [3.05, 3.63) is 54.1 Å². The zero-order valence-corrected chi connectivity index (χ0v) is 12.5. The van der Waals surface area contributed by atoms with Crippen molar-refractivity contribution in [1.29, 1.82) is 0 Å². The van der Waals surface area contributed by atoms with E-state index in [2.05, 4.69) is 0 Å². The Balaban J connectivity index is 1.90. The highest BCUT2D eigenvalue weighted by molar-refractivity contribution is 6.20. The van der Waals surface area contributed by atoms with Gasteiger partial charge in [0.1, 0.15) is 23.5 Å². The Bertz CT molecular complexity index is 562. The number of alkyl halides is 1. The summed E-state index contributed by atoms with van der Waals surface area (Å²) in [6, 6.07) is 14.3. The van der Waals surface area contributed by atoms with Gasteiger partial charge in [0.05, 0.1) is 6.61 Å². The Morgan fingerprint density at radius 3 is 2.05 bits per heavy atom. The van der Waals surface area contributed by atoms with E-state index < -0.39 is 0 Å². The predicted molar refractivity (Wildman–Crippen MR) is 83.8 cm³/mol. The van der Waals surface area contributed by atoms with E-state index in [1.165, 1.54) is 0 Å². The average Bonchev–Trinajstić information content (AvgIpc) is 2.49. The quantitative estimate of drug-likeness (QED) is 0.550. The van der Waals surface area contributed by atoms with Crippen molar-refractivity contribution in [2.24, 2.45) is 0 Å². The van der Waals surface area contributed by atoms with E-state index >= 15 is 0 Å². The maximum Gasteiger partial charge on any atom is 0.150 e. The van der Waals surface area contributed by atoms with Crippen molar-refractivity contribution >= 4 is 17.9 Å². The van der Waals surface area contributed by atoms with Gasteiger partial charge in [-0.05, 0) is 61.9 Å². The minimum atomic E-state index is 0.113. The molecule has 0 amide bonds. The van der Waals surface area contributed by atoms with Gasteiger partial charge in [0.25, 0.3) is 0 Å². The van der Waals surface area contributed by atoms with E-state index in [1.54, 1.807) is 24.3 Å². The predicted octanol–water partition coefficient (Wildman–Crippen LogP) is 4.69. The summed E-state index contributed by atoms with van der Waals surface area (Å²) in [5.74, 6) is 2.19. The molecule has 110 valence electrons. The molecule has 1 atom stereocenters. The minimum absolute atomic E-state index is 0.113. The average molecular weight is 305 g/mol. The number of ether oxygens (including phenoxy) is 2. The van der Waals surface area contributed by atoms with Gasteiger partial charge in [0, 0.05) is 10.9 Å². The lowest BCUT2D eigenvalue weighted by Gasteiger charge is -2.09. The molecular weight excluding hydrogens is 288 g/mol. The fraction of sp³-hybridized carbons (Fsp3) is 0.235. The molecule has 3 nitrogen and oxygen atoms in total. The van der Waals surface area contributed by atoms with Crippen LogP contribution in [-0.4, -0.2) is 18.3 Å². The summed E-state index contributed by atoms with van der Waals surface area (Å²) < 4.78 is 11.3. The molecule has 0 bridgehead atoms. The molecule has 0 aliphatic heterocycles. The highest BCUT2D eigenvalue weighted by atomic mass is 35.5. The maximum atomic E-state index is 10.6. The highest BCUT2D eigenvalue weighted by Crippen LogP contribution is 2.24. The first-order valence-corrected chi connectivity index (χ1v) is 7.21. The molecule has 0 spiro atoms. The van der Waals surface area contributed by atoms with E-state index in [1.807, 2.05) is 31.2 Å². The van der Waals surface area contributed by atoms with Gasteiger partial charge in [0.2, 0.25) is 0 Å². The number of benzene rings is 2. The van der Waals surface area contributed by atoms with Crippen LogP contribution in [0.1, 0.15) is 23.7 Å². The number of hydrogen-bond acceptors (Lipinski definition) is 3. The van der Waals surface area contributed by atoms with E-state index in [4.69, 9.17) is 21.1 Å². The summed E-state index contributed by atoms with van der Waals surface area (Å²) in [6.45, 7) is 2.54. The Hall–Kier alpha value is -2.00. The van der Waals surface area contributed by atoms with Crippen LogP contribution >= 0.6 is 11.6 Å². The zero-order chi connectivity index (χ0) is 15.1. The fourth-order valence-electron chi connectivity index (χ4n) is 1.69. The number of rotatable bonds is 7. The molecule has 0 saturated carbocycles. The van der Waals surface area contributed by atoms with Crippen LogP contribution < -0.4 is 9.47 Å². The summed E-state index contributed by atoms with van der Waals surface area (Å²) >= 11 is 5.86. The van der Waals surface area contributed by atoms with Crippen molar-refractivity contribution in [2.75, 3.05) is 6.61 Å². The van der Waals surface area contributed by atoms with Crippen LogP contribution in [0.15, 0.2) is 48.5 Å². The van der Waals surface area contributed by atoms with E-state index in [0.29, 0.717) is 23.7 Å². The van der Waals surface area contributed by atoms with E-state index in [0.717, 1.165) is 18.5 Å². The molecule has 2 aromatic carbocycles. The van der Waals surface area contributed by atoms with Gasteiger partial charge in [-0.25, -0.2) is 0 Å². The monoisotopic (exact) mass is 304 g/mol. The van der Waals surface area contributed by atoms with Crippen molar-refractivity contribution in [3.8, 4) is 17.2 Å². The van der Waals surface area contributed by atoms with Crippen molar-refractivity contribution in [2.45, 2.75) is 18.7 Å². The zero-order valence-electron chi connectivity index (χ0n) is 11.8. The molecule has 0 heterocycles. The molecule has 21 heavy (non-hydrogen) atoms. The Labute approximate surface area is 129 Å². The molecule has 0 N–H and O–H groups in total. The lowest BCUT2D eigenvalue weighted by molar-refractivity contribution is 0.112. The summed E-state index contributed by atoms with van der Waals surface area (Å²) in [4.78, 5) is 10.6. The SMILES string of the molecule is CC(Cl)CCOc1ccc(Oc2ccc(C=O)cc2)cc1. The number of carbonyl (C=O) groups is 1. The van der Waals surface area contributed by atoms with Crippen molar-refractivity contribution < 1.29 is 14.3 Å². The third kappa shape index (κ3) is 5.12. The van der Waals surface area contributed by atoms with E-state index in [-0.39, 0.29) is 5.38 Å². The molecule has 0 aromatic heterocycles. The summed E-state index contributed by atoms with van der Waals surface area (Å²) in [5.41, 5.74) is 0.625. The molecule has 0 aliphatic carbocycles. The fourth-order valence-corrected chi connectivity index (χ4v) is 1.78. The first-order chi connectivity index (χ1) is 10.2. The molecule has 1 unspecified atom stereocenters. The van der Waals surface area contributed by atoms with Crippen LogP contribution in [0.4, 0.5) is 0 Å². The van der Waals surface area contributed by atoms with Gasteiger partial charge in [0.15, 0.2) is 0 Å². The topological polar surface area (TPSA) is 35.5 Å². The van der Waals surface area contributed by atoms with Gasteiger partial charge in [-0.3, -0.25) is 4.79 Å². The number of halogens is 1. The summed E-state index contributed by atoms with van der Waals surface area (Å²) in [6.07, 6.45) is 1.61. The van der Waals surface area contributed by atoms with Crippen molar-refractivity contribution in [3.63, 3.8) is 0 Å². The Kier molecular flexibility index (Phi) is 5.64. The largest absolute Gasteiger partial charge is 0.494 e. The summed E-state index contributed by atoms with van der Waals surface area (Å²) in [5, 5.41) is 0.113. The van der Waals surface area contributed by atoms with Crippen LogP contribution in [-0.2, 0) is 0 Å². The Morgan fingerprint density at radius 1 is 1.00 bits per heavy atom. The molecule has 4 heteroatoms. The molecule has 0 radical (unpaired) electrons. The van der Waals surface area contributed by atoms with Crippen LogP contribution in [0.3, 0.4) is 0 Å². The number of aldehydes is 1. The lowest BCUT2D eigenvalue weighted by Crippen LogP contribution is -2.02. The minimum Gasteiger partial charge on any atom is -0.494 e. The van der Waals surface area contributed by atoms with Gasteiger partial charge in [-0.1, -0.05) is 0 Å². The molecule has 0 fully saturated rings. The van der Waals surface area contributed by atoms with Gasteiger partial charge in [-0.15, -0.1) is 11.6 Å². The smallest absolute Gasteiger partial charge is 0.150 e. The summed E-state index contributed by atoms with van der Waals surface area (Å²) in [7, 11) is 0. The van der Waals surface area contributed by atoms with Crippen LogP contribution in [0.5, 0.6) is 17.2 Å². The molecule has 0 saturated heterocycles. The number of carbonyl (C=O) groups excluding carboxylic acids is 1. The van der Waals surface area contributed by atoms with Gasteiger partial charge in [-0.2, -0.15) is 0 Å². The van der Waals surface area contributed by atoms with Crippen LogP contribution in [0.2, 0.25) is 0 Å². The lowest BCUT2D eigenvalue weighted by atomic mass is 10.2. The second kappa shape index (κ2) is 7.70. The number of hydrogen-bond donors (Lipinski definition) is 0. The highest BCUT2D eigenvalue weighted by Gasteiger charge is 2.01. The van der Waals surface area contributed by atoms with E-state index in [9.17, 15) is 4.79 Å². The first kappa shape index (κ1) is 15.4. The third-order valence-electron chi connectivity index (χ3n) is 2.86.